The Bertz CT molecular complexity index is 881. The molecular weight excluding hydrogens is 312 g/mol. The predicted molar refractivity (Wildman–Crippen MR) is 99.5 cm³/mol. The molecule has 0 aliphatic carbocycles. The standard InChI is InChI=1S/C20H20N4O/c1-25-18-9-5-4-8-17(18)23-19-12-20(22-14-21-19)24-11-10-15-6-2-3-7-16(15)13-24/h2-9,12,14H,10-11,13H2,1H3,(H,21,22,23). The van der Waals surface area contributed by atoms with Crippen molar-refractivity contribution >= 4 is 17.3 Å². The predicted octanol–water partition coefficient (Wildman–Crippen LogP) is 3.79. The van der Waals surface area contributed by atoms with Gasteiger partial charge >= 0.3 is 0 Å². The number of nitrogens with one attached hydrogen (secondary N) is 1. The summed E-state index contributed by atoms with van der Waals surface area (Å²) in [6, 6.07) is 18.4. The van der Waals surface area contributed by atoms with Crippen LogP contribution in [0, 0.1) is 0 Å². The van der Waals surface area contributed by atoms with Crippen molar-refractivity contribution in [2.45, 2.75) is 13.0 Å². The molecule has 5 heteroatoms. The van der Waals surface area contributed by atoms with Crippen LogP contribution in [0.1, 0.15) is 11.1 Å². The molecule has 2 aromatic carbocycles. The van der Waals surface area contributed by atoms with Crippen LogP contribution in [0.5, 0.6) is 5.75 Å². The van der Waals surface area contributed by atoms with Crippen molar-refractivity contribution in [1.29, 1.82) is 0 Å². The van der Waals surface area contributed by atoms with E-state index in [9.17, 15) is 0 Å². The van der Waals surface area contributed by atoms with Gasteiger partial charge in [-0.3, -0.25) is 0 Å². The van der Waals surface area contributed by atoms with Crippen LogP contribution >= 0.6 is 0 Å². The molecule has 1 aliphatic heterocycles. The molecule has 126 valence electrons. The molecule has 0 unspecified atom stereocenters. The van der Waals surface area contributed by atoms with Gasteiger partial charge in [0.1, 0.15) is 23.7 Å². The average Bonchev–Trinajstić information content (AvgIpc) is 2.68. The lowest BCUT2D eigenvalue weighted by Crippen LogP contribution is -2.31. The summed E-state index contributed by atoms with van der Waals surface area (Å²) in [5, 5.41) is 3.32. The number of nitrogens with zero attached hydrogens (tertiary/aromatic N) is 3. The first-order chi connectivity index (χ1) is 12.3. The Morgan fingerprint density at radius 3 is 2.68 bits per heavy atom. The SMILES string of the molecule is COc1ccccc1Nc1cc(N2CCc3ccccc3C2)ncn1. The summed E-state index contributed by atoms with van der Waals surface area (Å²) < 4.78 is 5.39. The minimum absolute atomic E-state index is 0.758. The summed E-state index contributed by atoms with van der Waals surface area (Å²) in [6.07, 6.45) is 2.64. The third kappa shape index (κ3) is 3.26. The van der Waals surface area contributed by atoms with Crippen LogP contribution < -0.4 is 15.0 Å². The van der Waals surface area contributed by atoms with Gasteiger partial charge in [-0.2, -0.15) is 0 Å². The van der Waals surface area contributed by atoms with E-state index in [0.717, 1.165) is 42.6 Å². The molecule has 1 aliphatic rings. The smallest absolute Gasteiger partial charge is 0.142 e. The van der Waals surface area contributed by atoms with Gasteiger partial charge in [0.25, 0.3) is 0 Å². The van der Waals surface area contributed by atoms with E-state index in [0.29, 0.717) is 0 Å². The summed E-state index contributed by atoms with van der Waals surface area (Å²) in [5.41, 5.74) is 3.69. The number of methoxy groups -OCH3 is 1. The van der Waals surface area contributed by atoms with Crippen LogP contribution in [0.4, 0.5) is 17.3 Å². The van der Waals surface area contributed by atoms with Crippen molar-refractivity contribution in [1.82, 2.24) is 9.97 Å². The number of ether oxygens (including phenoxy) is 1. The fraction of sp³-hybridized carbons (Fsp3) is 0.200. The highest BCUT2D eigenvalue weighted by atomic mass is 16.5. The maximum absolute atomic E-state index is 5.39. The van der Waals surface area contributed by atoms with Crippen molar-refractivity contribution in [3.8, 4) is 5.75 Å². The molecule has 0 radical (unpaired) electrons. The first kappa shape index (κ1) is 15.4. The van der Waals surface area contributed by atoms with Gasteiger partial charge in [0, 0.05) is 19.2 Å². The number of benzene rings is 2. The molecule has 0 saturated carbocycles. The zero-order chi connectivity index (χ0) is 17.1. The molecule has 3 aromatic rings. The summed E-state index contributed by atoms with van der Waals surface area (Å²) in [5.74, 6) is 2.48. The Hall–Kier alpha value is -3.08. The van der Waals surface area contributed by atoms with E-state index in [4.69, 9.17) is 4.74 Å². The highest BCUT2D eigenvalue weighted by Gasteiger charge is 2.17. The summed E-state index contributed by atoms with van der Waals surface area (Å²) in [7, 11) is 1.66. The molecule has 1 aromatic heterocycles. The molecular formula is C20H20N4O. The molecule has 0 fully saturated rings. The Labute approximate surface area is 147 Å². The minimum Gasteiger partial charge on any atom is -0.495 e. The number of aromatic nitrogens is 2. The van der Waals surface area contributed by atoms with Gasteiger partial charge in [-0.1, -0.05) is 36.4 Å². The van der Waals surface area contributed by atoms with E-state index < -0.39 is 0 Å². The van der Waals surface area contributed by atoms with Gasteiger partial charge in [0.2, 0.25) is 0 Å². The molecule has 2 heterocycles. The van der Waals surface area contributed by atoms with Gasteiger partial charge in [0.05, 0.1) is 12.8 Å². The first-order valence-electron chi connectivity index (χ1n) is 8.37. The molecule has 25 heavy (non-hydrogen) atoms. The monoisotopic (exact) mass is 332 g/mol. The highest BCUT2D eigenvalue weighted by molar-refractivity contribution is 5.65. The van der Waals surface area contributed by atoms with Crippen LogP contribution in [0.3, 0.4) is 0 Å². The first-order valence-corrected chi connectivity index (χ1v) is 8.37. The van der Waals surface area contributed by atoms with Gasteiger partial charge in [0.15, 0.2) is 0 Å². The molecule has 0 spiro atoms. The van der Waals surface area contributed by atoms with E-state index in [1.54, 1.807) is 13.4 Å². The van der Waals surface area contributed by atoms with Gasteiger partial charge < -0.3 is 15.0 Å². The maximum Gasteiger partial charge on any atom is 0.142 e. The fourth-order valence-electron chi connectivity index (χ4n) is 3.17. The zero-order valence-electron chi connectivity index (χ0n) is 14.1. The van der Waals surface area contributed by atoms with E-state index >= 15 is 0 Å². The molecule has 0 saturated heterocycles. The van der Waals surface area contributed by atoms with Gasteiger partial charge in [-0.15, -0.1) is 0 Å². The number of hydrogen-bond donors (Lipinski definition) is 1. The lowest BCUT2D eigenvalue weighted by atomic mass is 10.00. The number of rotatable bonds is 4. The second kappa shape index (κ2) is 6.81. The molecule has 5 nitrogen and oxygen atoms in total. The second-order valence-corrected chi connectivity index (χ2v) is 6.03. The van der Waals surface area contributed by atoms with E-state index in [2.05, 4.69) is 44.5 Å². The number of para-hydroxylation sites is 2. The highest BCUT2D eigenvalue weighted by Crippen LogP contribution is 2.28. The lowest BCUT2D eigenvalue weighted by molar-refractivity contribution is 0.417. The van der Waals surface area contributed by atoms with Crippen molar-refractivity contribution in [3.05, 3.63) is 72.1 Å². The average molecular weight is 332 g/mol. The lowest BCUT2D eigenvalue weighted by Gasteiger charge is -2.29. The molecule has 0 amide bonds. The third-order valence-corrected chi connectivity index (χ3v) is 4.48. The zero-order valence-corrected chi connectivity index (χ0v) is 14.1. The van der Waals surface area contributed by atoms with Gasteiger partial charge in [-0.25, -0.2) is 9.97 Å². The minimum atomic E-state index is 0.758. The van der Waals surface area contributed by atoms with Crippen molar-refractivity contribution in [2.75, 3.05) is 23.9 Å². The van der Waals surface area contributed by atoms with Crippen molar-refractivity contribution in [2.24, 2.45) is 0 Å². The van der Waals surface area contributed by atoms with Crippen LogP contribution in [-0.2, 0) is 13.0 Å². The molecule has 1 N–H and O–H groups in total. The second-order valence-electron chi connectivity index (χ2n) is 6.03. The normalized spacial score (nSPS) is 13.2. The van der Waals surface area contributed by atoms with Crippen LogP contribution in [0.2, 0.25) is 0 Å². The maximum atomic E-state index is 5.39. The summed E-state index contributed by atoms with van der Waals surface area (Å²) >= 11 is 0. The number of fused-ring (bicyclic) bond motifs is 1. The van der Waals surface area contributed by atoms with Crippen LogP contribution in [0.25, 0.3) is 0 Å². The third-order valence-electron chi connectivity index (χ3n) is 4.48. The summed E-state index contributed by atoms with van der Waals surface area (Å²) in [4.78, 5) is 11.1. The fourth-order valence-corrected chi connectivity index (χ4v) is 3.17. The Balaban J connectivity index is 1.56. The van der Waals surface area contributed by atoms with E-state index in [-0.39, 0.29) is 0 Å². The van der Waals surface area contributed by atoms with Crippen LogP contribution in [0.15, 0.2) is 60.9 Å². The largest absolute Gasteiger partial charge is 0.495 e. The molecule has 0 bridgehead atoms. The number of anilines is 3. The topological polar surface area (TPSA) is 50.3 Å². The Morgan fingerprint density at radius 2 is 1.80 bits per heavy atom. The Kier molecular flexibility index (Phi) is 4.21. The van der Waals surface area contributed by atoms with Crippen molar-refractivity contribution in [3.63, 3.8) is 0 Å². The van der Waals surface area contributed by atoms with Crippen molar-refractivity contribution < 1.29 is 4.74 Å². The van der Waals surface area contributed by atoms with E-state index in [1.807, 2.05) is 30.3 Å². The molecule has 4 rings (SSSR count). The van der Waals surface area contributed by atoms with E-state index in [1.165, 1.54) is 11.1 Å². The quantitative estimate of drug-likeness (QED) is 0.788. The van der Waals surface area contributed by atoms with Crippen LogP contribution in [-0.4, -0.2) is 23.6 Å². The molecule has 0 atom stereocenters. The van der Waals surface area contributed by atoms with Gasteiger partial charge in [-0.05, 0) is 29.7 Å². The summed E-state index contributed by atoms with van der Waals surface area (Å²) in [6.45, 7) is 1.84. The number of hydrogen-bond acceptors (Lipinski definition) is 5. The Morgan fingerprint density at radius 1 is 1.00 bits per heavy atom.